The Labute approximate surface area is 292 Å². The Morgan fingerprint density at radius 3 is 1.31 bits per heavy atom. The molecule has 11 heteroatoms. The van der Waals surface area contributed by atoms with Gasteiger partial charge in [-0.2, -0.15) is 16.8 Å². The number of anilines is 2. The first-order valence-corrected chi connectivity index (χ1v) is 18.7. The van der Waals surface area contributed by atoms with E-state index in [2.05, 4.69) is 23.7 Å². The number of hydrogen-bond donors (Lipinski definition) is 0. The first-order chi connectivity index (χ1) is 23.4. The Hall–Kier alpha value is -5.20. The molecule has 0 aliphatic rings. The van der Waals surface area contributed by atoms with E-state index in [4.69, 9.17) is 8.37 Å². The summed E-state index contributed by atoms with van der Waals surface area (Å²) in [6.07, 6.45) is 0. The fourth-order valence-electron chi connectivity index (χ4n) is 4.56. The van der Waals surface area contributed by atoms with Crippen molar-refractivity contribution in [3.63, 3.8) is 0 Å². The van der Waals surface area contributed by atoms with Crippen LogP contribution in [0, 0.1) is 37.5 Å². The summed E-state index contributed by atoms with van der Waals surface area (Å²) in [6.45, 7) is 4.43. The number of nitrogens with zero attached hydrogens (tertiary/aromatic N) is 2. The maximum absolute atomic E-state index is 12.9. The van der Waals surface area contributed by atoms with Gasteiger partial charge in [-0.15, -0.1) is 11.3 Å². The molecular formula is C38H34N2O6S3. The molecule has 0 radical (unpaired) electrons. The lowest BCUT2D eigenvalue weighted by Gasteiger charge is -2.19. The van der Waals surface area contributed by atoms with Gasteiger partial charge in [0.2, 0.25) is 0 Å². The molecule has 250 valence electrons. The molecule has 0 fully saturated rings. The van der Waals surface area contributed by atoms with Gasteiger partial charge >= 0.3 is 20.2 Å². The largest absolute Gasteiger partial charge is 0.377 e. The van der Waals surface area contributed by atoms with Crippen molar-refractivity contribution in [2.75, 3.05) is 37.0 Å². The van der Waals surface area contributed by atoms with E-state index in [1.807, 2.05) is 62.0 Å². The molecule has 0 aliphatic heterocycles. The van der Waals surface area contributed by atoms with Crippen LogP contribution < -0.4 is 18.2 Å². The summed E-state index contributed by atoms with van der Waals surface area (Å²) in [5.41, 5.74) is 3.09. The van der Waals surface area contributed by atoms with E-state index in [-0.39, 0.29) is 21.3 Å². The summed E-state index contributed by atoms with van der Waals surface area (Å²) in [5.74, 6) is 13.0. The average molecular weight is 711 g/mol. The second kappa shape index (κ2) is 15.3. The van der Waals surface area contributed by atoms with Gasteiger partial charge in [0.15, 0.2) is 11.5 Å². The van der Waals surface area contributed by atoms with Crippen molar-refractivity contribution in [1.29, 1.82) is 0 Å². The zero-order valence-electron chi connectivity index (χ0n) is 27.4. The molecule has 5 rings (SSSR count). The summed E-state index contributed by atoms with van der Waals surface area (Å²) in [6, 6.07) is 30.7. The average Bonchev–Trinajstić information content (AvgIpc) is 3.52. The Morgan fingerprint density at radius 2 is 0.918 bits per heavy atom. The van der Waals surface area contributed by atoms with Crippen LogP contribution in [0.1, 0.15) is 20.9 Å². The van der Waals surface area contributed by atoms with Crippen LogP contribution in [0.3, 0.4) is 0 Å². The summed E-state index contributed by atoms with van der Waals surface area (Å²) < 4.78 is 62.6. The van der Waals surface area contributed by atoms with Crippen molar-refractivity contribution in [2.45, 2.75) is 23.6 Å². The third-order valence-corrected chi connectivity index (χ3v) is 10.6. The minimum absolute atomic E-state index is 0.0850. The van der Waals surface area contributed by atoms with Gasteiger partial charge in [0.25, 0.3) is 0 Å². The summed E-state index contributed by atoms with van der Waals surface area (Å²) in [4.78, 5) is 5.48. The van der Waals surface area contributed by atoms with Crippen LogP contribution in [0.15, 0.2) is 119 Å². The molecule has 0 saturated heterocycles. The first-order valence-electron chi connectivity index (χ1n) is 15.1. The van der Waals surface area contributed by atoms with Gasteiger partial charge < -0.3 is 18.2 Å². The molecule has 8 nitrogen and oxygen atoms in total. The summed E-state index contributed by atoms with van der Waals surface area (Å²) in [7, 11) is -4.37. The molecule has 0 atom stereocenters. The number of hydrogen-bond acceptors (Lipinski definition) is 9. The zero-order valence-corrected chi connectivity index (χ0v) is 29.8. The third-order valence-electron chi connectivity index (χ3n) is 7.23. The molecule has 0 unspecified atom stereocenters. The predicted octanol–water partition coefficient (Wildman–Crippen LogP) is 6.88. The van der Waals surface area contributed by atoms with Gasteiger partial charge in [-0.25, -0.2) is 0 Å². The number of thiophene rings is 1. The summed E-state index contributed by atoms with van der Waals surface area (Å²) >= 11 is 1.45. The van der Waals surface area contributed by atoms with E-state index < -0.39 is 20.2 Å². The molecule has 0 saturated carbocycles. The minimum Gasteiger partial charge on any atom is -0.377 e. The molecule has 1 aromatic heterocycles. The molecule has 1 heterocycles. The van der Waals surface area contributed by atoms with Crippen LogP contribution in [0.4, 0.5) is 11.4 Å². The number of rotatable bonds is 10. The SMILES string of the molecule is Cc1ccc(S(=O)(=O)Oc2ccccc2N(C)CC#Cc2ccc(C#CCN(C)c3ccccc3OS(=O)(=O)c3ccc(C)cc3)s2)cc1. The Bertz CT molecular complexity index is 2110. The predicted molar refractivity (Wildman–Crippen MR) is 195 cm³/mol. The van der Waals surface area contributed by atoms with Crippen molar-refractivity contribution < 1.29 is 25.2 Å². The van der Waals surface area contributed by atoms with Crippen molar-refractivity contribution in [3.8, 4) is 35.2 Å². The highest BCUT2D eigenvalue weighted by molar-refractivity contribution is 7.87. The maximum atomic E-state index is 12.9. The highest BCUT2D eigenvalue weighted by Crippen LogP contribution is 2.31. The first kappa shape index (κ1) is 35.1. The zero-order chi connectivity index (χ0) is 35.0. The van der Waals surface area contributed by atoms with Gasteiger partial charge in [0.1, 0.15) is 9.79 Å². The van der Waals surface area contributed by atoms with Crippen molar-refractivity contribution >= 4 is 42.9 Å². The second-order valence-electron chi connectivity index (χ2n) is 11.1. The highest BCUT2D eigenvalue weighted by Gasteiger charge is 2.21. The molecule has 49 heavy (non-hydrogen) atoms. The third kappa shape index (κ3) is 9.24. The van der Waals surface area contributed by atoms with Crippen LogP contribution in [-0.4, -0.2) is 44.0 Å². The Morgan fingerprint density at radius 1 is 0.551 bits per heavy atom. The highest BCUT2D eigenvalue weighted by atomic mass is 32.2. The summed E-state index contributed by atoms with van der Waals surface area (Å²) in [5, 5.41) is 0. The molecule has 0 aliphatic carbocycles. The minimum atomic E-state index is -4.00. The quantitative estimate of drug-likeness (QED) is 0.115. The van der Waals surface area contributed by atoms with Crippen molar-refractivity contribution in [3.05, 3.63) is 130 Å². The van der Waals surface area contributed by atoms with Crippen molar-refractivity contribution in [2.24, 2.45) is 0 Å². The van der Waals surface area contributed by atoms with E-state index in [0.29, 0.717) is 24.5 Å². The van der Waals surface area contributed by atoms with Crippen LogP contribution in [-0.2, 0) is 20.2 Å². The Balaban J connectivity index is 1.20. The number of para-hydroxylation sites is 4. The topological polar surface area (TPSA) is 93.2 Å². The van der Waals surface area contributed by atoms with Crippen LogP contribution in [0.2, 0.25) is 0 Å². The van der Waals surface area contributed by atoms with Gasteiger partial charge in [-0.05, 0) is 74.5 Å². The molecule has 0 spiro atoms. The maximum Gasteiger partial charge on any atom is 0.339 e. The lowest BCUT2D eigenvalue weighted by Crippen LogP contribution is -2.19. The van der Waals surface area contributed by atoms with Gasteiger partial charge in [0, 0.05) is 14.1 Å². The normalized spacial score (nSPS) is 11.0. The standard InChI is InChI=1S/C38H34N2O6S3/c1-29-17-23-33(24-18-29)48(41,42)45-37-15-7-5-13-35(37)39(3)27-9-11-31-21-22-32(47-31)12-10-28-40(4)36-14-6-8-16-38(36)46-49(43,44)34-25-19-30(2)20-26-34/h5-8,13-26H,27-28H2,1-4H3. The number of aryl methyl sites for hydroxylation is 2. The molecule has 0 N–H and O–H groups in total. The monoisotopic (exact) mass is 710 g/mol. The second-order valence-corrected chi connectivity index (χ2v) is 15.3. The molecular weight excluding hydrogens is 677 g/mol. The lowest BCUT2D eigenvalue weighted by molar-refractivity contribution is 0.484. The van der Waals surface area contributed by atoms with E-state index in [0.717, 1.165) is 20.9 Å². The fourth-order valence-corrected chi connectivity index (χ4v) is 7.20. The van der Waals surface area contributed by atoms with Gasteiger partial charge in [-0.1, -0.05) is 83.3 Å². The van der Waals surface area contributed by atoms with Crippen LogP contribution in [0.5, 0.6) is 11.5 Å². The van der Waals surface area contributed by atoms with Gasteiger partial charge in [0.05, 0.1) is 34.2 Å². The molecule has 0 bridgehead atoms. The number of benzene rings is 4. The van der Waals surface area contributed by atoms with Gasteiger partial charge in [-0.3, -0.25) is 0 Å². The van der Waals surface area contributed by atoms with E-state index in [1.165, 1.54) is 35.6 Å². The smallest absolute Gasteiger partial charge is 0.339 e. The fraction of sp³-hybridized carbons (Fsp3) is 0.158. The van der Waals surface area contributed by atoms with Crippen molar-refractivity contribution in [1.82, 2.24) is 0 Å². The molecule has 4 aromatic carbocycles. The molecule has 5 aromatic rings. The van der Waals surface area contributed by atoms with Crippen LogP contribution >= 0.6 is 11.3 Å². The lowest BCUT2D eigenvalue weighted by atomic mass is 10.2. The van der Waals surface area contributed by atoms with E-state index >= 15 is 0 Å². The van der Waals surface area contributed by atoms with Crippen LogP contribution in [0.25, 0.3) is 0 Å². The van der Waals surface area contributed by atoms with E-state index in [9.17, 15) is 16.8 Å². The Kier molecular flexibility index (Phi) is 11.0. The van der Waals surface area contributed by atoms with E-state index in [1.54, 1.807) is 60.7 Å². The molecule has 0 amide bonds.